The van der Waals surface area contributed by atoms with Crippen molar-refractivity contribution in [1.82, 2.24) is 4.90 Å². The smallest absolute Gasteiger partial charge is 0.210 e. The van der Waals surface area contributed by atoms with Crippen molar-refractivity contribution in [3.05, 3.63) is 88.8 Å². The summed E-state index contributed by atoms with van der Waals surface area (Å²) < 4.78 is 0. The number of hydrogen-bond acceptors (Lipinski definition) is 3. The van der Waals surface area contributed by atoms with Crippen LogP contribution in [0, 0.1) is 0 Å². The minimum absolute atomic E-state index is 0.0979. The average Bonchev–Trinajstić information content (AvgIpc) is 2.58. The molecule has 1 heterocycles. The summed E-state index contributed by atoms with van der Waals surface area (Å²) in [6.07, 6.45) is 5.29. The van der Waals surface area contributed by atoms with E-state index in [4.69, 9.17) is 0 Å². The Labute approximate surface area is 128 Å². The molecule has 1 aliphatic heterocycles. The molecule has 0 aromatic heterocycles. The predicted molar refractivity (Wildman–Crippen MR) is 84.2 cm³/mol. The summed E-state index contributed by atoms with van der Waals surface area (Å²) >= 11 is 0. The highest BCUT2D eigenvalue weighted by molar-refractivity contribution is 6.24. The lowest BCUT2D eigenvalue weighted by molar-refractivity contribution is 0.0960. The SMILES string of the molecule is O=C1C=C(N2C=Cc3ccccc3C2)C(=O)c2ccccc21. The summed E-state index contributed by atoms with van der Waals surface area (Å²) in [5.41, 5.74) is 3.70. The van der Waals surface area contributed by atoms with Gasteiger partial charge in [-0.2, -0.15) is 0 Å². The molecule has 0 saturated heterocycles. The zero-order chi connectivity index (χ0) is 15.1. The number of ketones is 2. The molecule has 0 radical (unpaired) electrons. The Morgan fingerprint density at radius 2 is 1.59 bits per heavy atom. The van der Waals surface area contributed by atoms with Crippen LogP contribution in [0.2, 0.25) is 0 Å². The molecule has 0 amide bonds. The fourth-order valence-electron chi connectivity index (χ4n) is 2.93. The van der Waals surface area contributed by atoms with Crippen LogP contribution in [0.1, 0.15) is 31.8 Å². The predicted octanol–water partition coefficient (Wildman–Crippen LogP) is 3.44. The summed E-state index contributed by atoms with van der Waals surface area (Å²) in [5.74, 6) is -0.211. The van der Waals surface area contributed by atoms with Gasteiger partial charge in [-0.05, 0) is 17.2 Å². The number of nitrogens with zero attached hydrogens (tertiary/aromatic N) is 1. The lowest BCUT2D eigenvalue weighted by Crippen LogP contribution is -2.29. The second-order valence-corrected chi connectivity index (χ2v) is 5.41. The van der Waals surface area contributed by atoms with Crippen LogP contribution >= 0.6 is 0 Å². The number of hydrogen-bond donors (Lipinski definition) is 0. The molecular formula is C19H13NO2. The summed E-state index contributed by atoms with van der Waals surface area (Å²) in [4.78, 5) is 26.8. The van der Waals surface area contributed by atoms with Gasteiger partial charge in [-0.25, -0.2) is 0 Å². The van der Waals surface area contributed by atoms with Gasteiger partial charge in [0, 0.05) is 29.9 Å². The van der Waals surface area contributed by atoms with Gasteiger partial charge in [-0.1, -0.05) is 48.5 Å². The number of allylic oxidation sites excluding steroid dienone is 2. The van der Waals surface area contributed by atoms with Crippen molar-refractivity contribution in [3.8, 4) is 0 Å². The van der Waals surface area contributed by atoms with Crippen molar-refractivity contribution in [2.75, 3.05) is 0 Å². The first-order valence-corrected chi connectivity index (χ1v) is 7.16. The fourth-order valence-corrected chi connectivity index (χ4v) is 2.93. The molecule has 0 saturated carbocycles. The topological polar surface area (TPSA) is 37.4 Å². The fraction of sp³-hybridized carbons (Fsp3) is 0.0526. The summed E-state index contributed by atoms with van der Waals surface area (Å²) in [6.45, 7) is 0.597. The van der Waals surface area contributed by atoms with Gasteiger partial charge in [0.1, 0.15) is 0 Å². The van der Waals surface area contributed by atoms with Crippen molar-refractivity contribution in [2.45, 2.75) is 6.54 Å². The number of carbonyl (C=O) groups excluding carboxylic acids is 2. The van der Waals surface area contributed by atoms with E-state index in [0.717, 1.165) is 11.1 Å². The molecule has 3 heteroatoms. The van der Waals surface area contributed by atoms with E-state index in [0.29, 0.717) is 23.4 Å². The molecule has 2 aromatic carbocycles. The van der Waals surface area contributed by atoms with Gasteiger partial charge in [0.15, 0.2) is 5.78 Å². The molecule has 0 fully saturated rings. The Bertz CT molecular complexity index is 861. The molecule has 0 unspecified atom stereocenters. The molecule has 4 rings (SSSR count). The molecular weight excluding hydrogens is 274 g/mol. The van der Waals surface area contributed by atoms with E-state index in [1.165, 1.54) is 6.08 Å². The first-order valence-electron chi connectivity index (χ1n) is 7.16. The van der Waals surface area contributed by atoms with Crippen LogP contribution in [0.15, 0.2) is 66.5 Å². The van der Waals surface area contributed by atoms with Crippen molar-refractivity contribution >= 4 is 17.6 Å². The lowest BCUT2D eigenvalue weighted by Gasteiger charge is -2.28. The lowest BCUT2D eigenvalue weighted by atomic mass is 9.91. The third-order valence-electron chi connectivity index (χ3n) is 4.08. The van der Waals surface area contributed by atoms with E-state index in [-0.39, 0.29) is 11.6 Å². The minimum Gasteiger partial charge on any atom is -0.340 e. The zero-order valence-corrected chi connectivity index (χ0v) is 11.8. The maximum atomic E-state index is 12.7. The van der Waals surface area contributed by atoms with E-state index < -0.39 is 0 Å². The molecule has 22 heavy (non-hydrogen) atoms. The molecule has 0 atom stereocenters. The van der Waals surface area contributed by atoms with Crippen LogP contribution in [-0.4, -0.2) is 16.5 Å². The van der Waals surface area contributed by atoms with Gasteiger partial charge >= 0.3 is 0 Å². The quantitative estimate of drug-likeness (QED) is 0.806. The van der Waals surface area contributed by atoms with Gasteiger partial charge in [-0.3, -0.25) is 9.59 Å². The van der Waals surface area contributed by atoms with Gasteiger partial charge in [-0.15, -0.1) is 0 Å². The van der Waals surface area contributed by atoms with Crippen LogP contribution in [0.5, 0.6) is 0 Å². The third kappa shape index (κ3) is 1.91. The second-order valence-electron chi connectivity index (χ2n) is 5.41. The van der Waals surface area contributed by atoms with E-state index in [9.17, 15) is 9.59 Å². The van der Waals surface area contributed by atoms with Gasteiger partial charge < -0.3 is 4.90 Å². The molecule has 0 bridgehead atoms. The second kappa shape index (κ2) is 4.81. The van der Waals surface area contributed by atoms with Crippen LogP contribution < -0.4 is 0 Å². The normalized spacial score (nSPS) is 16.2. The van der Waals surface area contributed by atoms with E-state index >= 15 is 0 Å². The maximum absolute atomic E-state index is 12.7. The molecule has 2 aliphatic rings. The van der Waals surface area contributed by atoms with Crippen molar-refractivity contribution in [3.63, 3.8) is 0 Å². The number of fused-ring (bicyclic) bond motifs is 2. The molecule has 0 N–H and O–H groups in total. The highest BCUT2D eigenvalue weighted by Gasteiger charge is 2.28. The van der Waals surface area contributed by atoms with Crippen LogP contribution in [0.4, 0.5) is 0 Å². The Morgan fingerprint density at radius 3 is 2.45 bits per heavy atom. The molecule has 0 spiro atoms. The summed E-state index contributed by atoms with van der Waals surface area (Å²) in [5, 5.41) is 0. The molecule has 106 valence electrons. The summed E-state index contributed by atoms with van der Waals surface area (Å²) in [6, 6.07) is 15.0. The number of benzene rings is 2. The van der Waals surface area contributed by atoms with Crippen molar-refractivity contribution in [1.29, 1.82) is 0 Å². The Morgan fingerprint density at radius 1 is 0.864 bits per heavy atom. The average molecular weight is 287 g/mol. The third-order valence-corrected chi connectivity index (χ3v) is 4.08. The highest BCUT2D eigenvalue weighted by Crippen LogP contribution is 2.28. The van der Waals surface area contributed by atoms with Gasteiger partial charge in [0.2, 0.25) is 5.78 Å². The van der Waals surface area contributed by atoms with Crippen LogP contribution in [0.3, 0.4) is 0 Å². The van der Waals surface area contributed by atoms with E-state index in [2.05, 4.69) is 0 Å². The Kier molecular flexibility index (Phi) is 2.79. The molecule has 1 aliphatic carbocycles. The van der Waals surface area contributed by atoms with Gasteiger partial charge in [0.25, 0.3) is 0 Å². The Hall–Kier alpha value is -2.94. The maximum Gasteiger partial charge on any atom is 0.210 e. The minimum atomic E-state index is -0.113. The Balaban J connectivity index is 1.74. The summed E-state index contributed by atoms with van der Waals surface area (Å²) in [7, 11) is 0. The zero-order valence-electron chi connectivity index (χ0n) is 11.8. The van der Waals surface area contributed by atoms with Crippen molar-refractivity contribution < 1.29 is 9.59 Å². The number of carbonyl (C=O) groups is 2. The van der Waals surface area contributed by atoms with E-state index in [1.807, 2.05) is 41.4 Å². The largest absolute Gasteiger partial charge is 0.340 e. The first-order chi connectivity index (χ1) is 10.7. The van der Waals surface area contributed by atoms with Crippen LogP contribution in [-0.2, 0) is 6.54 Å². The first kappa shape index (κ1) is 12.8. The van der Waals surface area contributed by atoms with Gasteiger partial charge in [0.05, 0.1) is 5.70 Å². The number of rotatable bonds is 1. The standard InChI is InChI=1S/C19H13NO2/c21-18-11-17(19(22)16-8-4-3-7-15(16)18)20-10-9-13-5-1-2-6-14(13)12-20/h1-11H,12H2. The van der Waals surface area contributed by atoms with Crippen LogP contribution in [0.25, 0.3) is 6.08 Å². The molecule has 2 aromatic rings. The molecule has 3 nitrogen and oxygen atoms in total. The van der Waals surface area contributed by atoms with E-state index in [1.54, 1.807) is 24.3 Å². The van der Waals surface area contributed by atoms with Crippen molar-refractivity contribution in [2.24, 2.45) is 0 Å². The monoisotopic (exact) mass is 287 g/mol. The number of Topliss-reactive ketones (excluding diaryl/α,β-unsaturated/α-hetero) is 1. The highest BCUT2D eigenvalue weighted by atomic mass is 16.1.